The molecule has 0 saturated carbocycles. The van der Waals surface area contributed by atoms with Crippen molar-refractivity contribution in [1.82, 2.24) is 0 Å². The summed E-state index contributed by atoms with van der Waals surface area (Å²) >= 11 is 0. The Morgan fingerprint density at radius 1 is 1.08 bits per heavy atom. The third-order valence-corrected chi connectivity index (χ3v) is 7.41. The minimum atomic E-state index is -0.337. The molecule has 3 rings (SSSR count). The van der Waals surface area contributed by atoms with Crippen molar-refractivity contribution >= 4 is 28.7 Å². The Labute approximate surface area is 231 Å². The third-order valence-electron chi connectivity index (χ3n) is 7.41. The molecule has 8 nitrogen and oxygen atoms in total. The fraction of sp³-hybridized carbons (Fsp3) is 0.452. The highest BCUT2D eigenvalue weighted by molar-refractivity contribution is 6.16. The van der Waals surface area contributed by atoms with Crippen LogP contribution in [-0.4, -0.2) is 41.9 Å². The molecule has 0 spiro atoms. The van der Waals surface area contributed by atoms with E-state index in [0.29, 0.717) is 29.2 Å². The van der Waals surface area contributed by atoms with E-state index >= 15 is 0 Å². The molecule has 1 heterocycles. The van der Waals surface area contributed by atoms with Gasteiger partial charge in [-0.2, -0.15) is 0 Å². The van der Waals surface area contributed by atoms with E-state index in [-0.39, 0.29) is 35.2 Å². The van der Waals surface area contributed by atoms with E-state index in [0.717, 1.165) is 37.7 Å². The average molecular weight is 536 g/mol. The number of amides is 1. The van der Waals surface area contributed by atoms with E-state index in [9.17, 15) is 19.9 Å². The van der Waals surface area contributed by atoms with Crippen molar-refractivity contribution in [3.05, 3.63) is 64.1 Å². The van der Waals surface area contributed by atoms with Crippen molar-refractivity contribution < 1.29 is 19.7 Å². The highest BCUT2D eigenvalue weighted by Gasteiger charge is 2.34. The first-order chi connectivity index (χ1) is 18.5. The van der Waals surface area contributed by atoms with Gasteiger partial charge in [0.05, 0.1) is 28.2 Å². The number of methoxy groups -OCH3 is 1. The molecule has 2 aromatic carbocycles. The summed E-state index contributed by atoms with van der Waals surface area (Å²) in [6.07, 6.45) is 8.86. The lowest BCUT2D eigenvalue weighted by Gasteiger charge is -2.28. The molecular weight excluding hydrogens is 494 g/mol. The van der Waals surface area contributed by atoms with Crippen molar-refractivity contribution in [2.75, 3.05) is 30.0 Å². The summed E-state index contributed by atoms with van der Waals surface area (Å²) in [4.78, 5) is 28.8. The SMILES string of the molecule is CCN1c2c(O)cccc2C(=O)N(C/C=C(\C)CCCC(C)(CCC=C(C)C)OC)c2cc(O)cc(N=O)c21. The third kappa shape index (κ3) is 6.87. The van der Waals surface area contributed by atoms with Crippen LogP contribution in [0.2, 0.25) is 0 Å². The zero-order chi connectivity index (χ0) is 28.7. The summed E-state index contributed by atoms with van der Waals surface area (Å²) in [5.74, 6) is -0.575. The normalized spacial score (nSPS) is 14.8. The number of fused-ring (bicyclic) bond motifs is 2. The van der Waals surface area contributed by atoms with Gasteiger partial charge < -0.3 is 24.7 Å². The number of para-hydroxylation sites is 1. The minimum Gasteiger partial charge on any atom is -0.508 e. The molecule has 0 radical (unpaired) electrons. The fourth-order valence-electron chi connectivity index (χ4n) is 5.08. The van der Waals surface area contributed by atoms with E-state index in [1.54, 1.807) is 24.1 Å². The molecule has 2 N–H and O–H groups in total. The first-order valence-electron chi connectivity index (χ1n) is 13.5. The number of phenolic OH excluding ortho intramolecular Hbond substituents is 2. The first-order valence-corrected chi connectivity index (χ1v) is 13.5. The molecular formula is C31H41N3O5. The average Bonchev–Trinajstić information content (AvgIpc) is 2.99. The number of phenols is 2. The summed E-state index contributed by atoms with van der Waals surface area (Å²) in [7, 11) is 1.76. The van der Waals surface area contributed by atoms with Gasteiger partial charge in [0.2, 0.25) is 0 Å². The fourth-order valence-corrected chi connectivity index (χ4v) is 5.08. The van der Waals surface area contributed by atoms with Gasteiger partial charge in [-0.15, -0.1) is 4.91 Å². The predicted octanol–water partition coefficient (Wildman–Crippen LogP) is 7.88. The number of rotatable bonds is 12. The number of ether oxygens (including phenoxy) is 1. The summed E-state index contributed by atoms with van der Waals surface area (Å²) in [6.45, 7) is 10.8. The molecule has 0 aliphatic carbocycles. The molecule has 1 unspecified atom stereocenters. The Morgan fingerprint density at radius 2 is 1.82 bits per heavy atom. The zero-order valence-corrected chi connectivity index (χ0v) is 24.0. The number of nitrogens with zero attached hydrogens (tertiary/aromatic N) is 3. The van der Waals surface area contributed by atoms with Gasteiger partial charge in [-0.05, 0) is 84.0 Å². The van der Waals surface area contributed by atoms with Crippen molar-refractivity contribution in [3.8, 4) is 11.5 Å². The van der Waals surface area contributed by atoms with Gasteiger partial charge in [0.15, 0.2) is 0 Å². The number of carbonyl (C=O) groups is 1. The van der Waals surface area contributed by atoms with Crippen molar-refractivity contribution in [3.63, 3.8) is 0 Å². The molecule has 0 aromatic heterocycles. The van der Waals surface area contributed by atoms with Crippen molar-refractivity contribution in [1.29, 1.82) is 0 Å². The number of nitroso groups, excluding NO2 is 1. The van der Waals surface area contributed by atoms with E-state index < -0.39 is 0 Å². The molecule has 1 aliphatic heterocycles. The second-order valence-electron chi connectivity index (χ2n) is 10.6. The molecule has 0 saturated heterocycles. The number of benzene rings is 2. The molecule has 0 fully saturated rings. The number of carbonyl (C=O) groups excluding carboxylic acids is 1. The lowest BCUT2D eigenvalue weighted by atomic mass is 9.92. The van der Waals surface area contributed by atoms with Crippen LogP contribution in [0.1, 0.15) is 77.1 Å². The van der Waals surface area contributed by atoms with Crippen LogP contribution in [0, 0.1) is 4.91 Å². The maximum Gasteiger partial charge on any atom is 0.260 e. The molecule has 1 atom stereocenters. The molecule has 210 valence electrons. The standard InChI is InChI=1S/C31H41N3O5/c1-7-33-28-24(13-8-14-27(28)36)30(37)34(26-20-23(35)19-25(32-38)29(26)33)18-15-22(4)12-10-17-31(5,39-6)16-9-11-21(2)3/h8,11,13-15,19-20,35-36H,7,9-10,12,16-18H2,1-6H3/b22-15+. The van der Waals surface area contributed by atoms with Gasteiger partial charge in [0, 0.05) is 32.3 Å². The maximum atomic E-state index is 13.8. The maximum absolute atomic E-state index is 13.8. The first kappa shape index (κ1) is 29.9. The van der Waals surface area contributed by atoms with E-state index in [2.05, 4.69) is 32.0 Å². The van der Waals surface area contributed by atoms with Gasteiger partial charge in [0.1, 0.15) is 17.2 Å². The smallest absolute Gasteiger partial charge is 0.260 e. The number of allylic oxidation sites excluding steroid dienone is 3. The Balaban J connectivity index is 1.89. The second kappa shape index (κ2) is 12.9. The monoisotopic (exact) mass is 535 g/mol. The molecule has 1 amide bonds. The van der Waals surface area contributed by atoms with Crippen LogP contribution >= 0.6 is 0 Å². The van der Waals surface area contributed by atoms with Crippen LogP contribution in [-0.2, 0) is 4.74 Å². The molecule has 39 heavy (non-hydrogen) atoms. The number of aromatic hydroxyl groups is 2. The quantitative estimate of drug-likeness (QED) is 0.212. The lowest BCUT2D eigenvalue weighted by Crippen LogP contribution is -2.30. The molecule has 2 aromatic rings. The van der Waals surface area contributed by atoms with Gasteiger partial charge in [-0.25, -0.2) is 0 Å². The van der Waals surface area contributed by atoms with Gasteiger partial charge in [-0.3, -0.25) is 4.79 Å². The van der Waals surface area contributed by atoms with Crippen LogP contribution in [0.5, 0.6) is 11.5 Å². The molecule has 1 aliphatic rings. The van der Waals surface area contributed by atoms with E-state index in [1.807, 2.05) is 19.9 Å². The molecule has 0 bridgehead atoms. The van der Waals surface area contributed by atoms with Crippen molar-refractivity contribution in [2.24, 2.45) is 5.18 Å². The van der Waals surface area contributed by atoms with Crippen LogP contribution < -0.4 is 9.80 Å². The highest BCUT2D eigenvalue weighted by atomic mass is 16.5. The Kier molecular flexibility index (Phi) is 9.92. The number of anilines is 3. The van der Waals surface area contributed by atoms with Crippen LogP contribution in [0.4, 0.5) is 22.7 Å². The van der Waals surface area contributed by atoms with Gasteiger partial charge in [-0.1, -0.05) is 29.4 Å². The van der Waals surface area contributed by atoms with Gasteiger partial charge in [0.25, 0.3) is 5.91 Å². The molecule has 8 heteroatoms. The van der Waals surface area contributed by atoms with Crippen LogP contribution in [0.25, 0.3) is 0 Å². The Bertz CT molecular complexity index is 1270. The number of hydrogen-bond donors (Lipinski definition) is 2. The highest BCUT2D eigenvalue weighted by Crippen LogP contribution is 2.50. The van der Waals surface area contributed by atoms with Crippen LogP contribution in [0.15, 0.2) is 58.8 Å². The van der Waals surface area contributed by atoms with Crippen LogP contribution in [0.3, 0.4) is 0 Å². The predicted molar refractivity (Wildman–Crippen MR) is 158 cm³/mol. The van der Waals surface area contributed by atoms with E-state index in [4.69, 9.17) is 4.74 Å². The summed E-state index contributed by atoms with van der Waals surface area (Å²) in [6, 6.07) is 7.52. The minimum absolute atomic E-state index is 0.00609. The summed E-state index contributed by atoms with van der Waals surface area (Å²) in [5, 5.41) is 24.2. The summed E-state index contributed by atoms with van der Waals surface area (Å²) in [5.41, 5.74) is 3.58. The van der Waals surface area contributed by atoms with Gasteiger partial charge >= 0.3 is 0 Å². The van der Waals surface area contributed by atoms with Crippen molar-refractivity contribution in [2.45, 2.75) is 72.3 Å². The topological polar surface area (TPSA) is 103 Å². The lowest BCUT2D eigenvalue weighted by molar-refractivity contribution is -0.00881. The number of hydrogen-bond acceptors (Lipinski definition) is 7. The Morgan fingerprint density at radius 3 is 2.46 bits per heavy atom. The zero-order valence-electron chi connectivity index (χ0n) is 24.0. The van der Waals surface area contributed by atoms with E-state index in [1.165, 1.54) is 28.7 Å². The summed E-state index contributed by atoms with van der Waals surface area (Å²) < 4.78 is 5.84. The largest absolute Gasteiger partial charge is 0.508 e. The second-order valence-corrected chi connectivity index (χ2v) is 10.6. The Hall–Kier alpha value is -3.65.